The summed E-state index contributed by atoms with van der Waals surface area (Å²) in [6.45, 7) is 1.91. The first-order chi connectivity index (χ1) is 11.3. The van der Waals surface area contributed by atoms with Gasteiger partial charge < -0.3 is 15.2 Å². The molecule has 0 bridgehead atoms. The summed E-state index contributed by atoms with van der Waals surface area (Å²) in [4.78, 5) is 37.9. The molecule has 0 unspecified atom stereocenters. The monoisotopic (exact) mass is 310 g/mol. The van der Waals surface area contributed by atoms with Crippen LogP contribution in [0.4, 0.5) is 11.6 Å². The van der Waals surface area contributed by atoms with Crippen molar-refractivity contribution in [3.05, 3.63) is 30.7 Å². The van der Waals surface area contributed by atoms with Crippen LogP contribution in [-0.4, -0.2) is 48.9 Å². The van der Waals surface area contributed by atoms with Gasteiger partial charge in [0.05, 0.1) is 6.33 Å². The van der Waals surface area contributed by atoms with Gasteiger partial charge in [-0.3, -0.25) is 4.79 Å². The molecule has 0 spiro atoms. The number of hydrogen-bond acceptors (Lipinski definition) is 7. The van der Waals surface area contributed by atoms with Gasteiger partial charge in [-0.2, -0.15) is 0 Å². The molecular formula is C14H14N8O. The molecule has 0 radical (unpaired) electrons. The van der Waals surface area contributed by atoms with Crippen molar-refractivity contribution in [2.24, 2.45) is 0 Å². The van der Waals surface area contributed by atoms with Crippen LogP contribution in [0.2, 0.25) is 0 Å². The Morgan fingerprint density at radius 1 is 1.09 bits per heavy atom. The number of carbonyl (C=O) groups excluding carboxylic acids is 1. The summed E-state index contributed by atoms with van der Waals surface area (Å²) >= 11 is 0. The Kier molecular flexibility index (Phi) is 3.30. The van der Waals surface area contributed by atoms with E-state index in [1.807, 2.05) is 0 Å². The number of rotatable bonds is 3. The number of carbonyl (C=O) groups is 1. The zero-order valence-electron chi connectivity index (χ0n) is 12.2. The smallest absolute Gasteiger partial charge is 0.275 e. The molecule has 3 aromatic rings. The fourth-order valence-electron chi connectivity index (χ4n) is 2.62. The van der Waals surface area contributed by atoms with Gasteiger partial charge in [-0.15, -0.1) is 0 Å². The highest BCUT2D eigenvalue weighted by molar-refractivity contribution is 6.05. The molecule has 116 valence electrons. The second-order valence-corrected chi connectivity index (χ2v) is 5.23. The molecular weight excluding hydrogens is 296 g/mol. The van der Waals surface area contributed by atoms with E-state index < -0.39 is 0 Å². The molecule has 2 N–H and O–H groups in total. The highest BCUT2D eigenvalue weighted by atomic mass is 16.1. The number of H-pyrrole nitrogens is 1. The number of aromatic nitrogens is 6. The van der Waals surface area contributed by atoms with Gasteiger partial charge in [0.2, 0.25) is 0 Å². The second kappa shape index (κ2) is 5.59. The lowest BCUT2D eigenvalue weighted by Gasteiger charge is -2.16. The van der Waals surface area contributed by atoms with E-state index in [-0.39, 0.29) is 5.91 Å². The molecule has 1 saturated heterocycles. The number of amides is 1. The average molecular weight is 310 g/mol. The van der Waals surface area contributed by atoms with Crippen LogP contribution in [0.3, 0.4) is 0 Å². The van der Waals surface area contributed by atoms with Gasteiger partial charge in [0.1, 0.15) is 29.7 Å². The predicted octanol–water partition coefficient (Wildman–Crippen LogP) is 0.995. The summed E-state index contributed by atoms with van der Waals surface area (Å²) in [5.41, 5.74) is 1.37. The Balaban J connectivity index is 1.59. The van der Waals surface area contributed by atoms with E-state index in [0.29, 0.717) is 22.7 Å². The molecule has 1 amide bonds. The average Bonchev–Trinajstić information content (AvgIpc) is 3.27. The van der Waals surface area contributed by atoms with Crippen LogP contribution in [0.1, 0.15) is 23.3 Å². The van der Waals surface area contributed by atoms with Crippen LogP contribution in [-0.2, 0) is 0 Å². The maximum Gasteiger partial charge on any atom is 0.275 e. The second-order valence-electron chi connectivity index (χ2n) is 5.23. The van der Waals surface area contributed by atoms with E-state index in [1.165, 1.54) is 19.0 Å². The van der Waals surface area contributed by atoms with Crippen LogP contribution in [0.5, 0.6) is 0 Å². The molecule has 4 rings (SSSR count). The fraction of sp³-hybridized carbons (Fsp3) is 0.286. The Hall–Kier alpha value is -3.10. The van der Waals surface area contributed by atoms with Crippen molar-refractivity contribution >= 4 is 28.7 Å². The number of hydrogen-bond donors (Lipinski definition) is 2. The van der Waals surface area contributed by atoms with E-state index in [2.05, 4.69) is 40.1 Å². The largest absolute Gasteiger partial charge is 0.357 e. The molecule has 0 aromatic carbocycles. The third-order valence-electron chi connectivity index (χ3n) is 3.77. The number of aromatic amines is 1. The first-order valence-electron chi connectivity index (χ1n) is 7.34. The van der Waals surface area contributed by atoms with Crippen molar-refractivity contribution in [1.29, 1.82) is 0 Å². The lowest BCUT2D eigenvalue weighted by atomic mass is 10.3. The first-order valence-corrected chi connectivity index (χ1v) is 7.34. The highest BCUT2D eigenvalue weighted by Gasteiger charge is 2.17. The maximum atomic E-state index is 12.4. The topological polar surface area (TPSA) is 113 Å². The van der Waals surface area contributed by atoms with Crippen LogP contribution in [0, 0.1) is 0 Å². The van der Waals surface area contributed by atoms with Crippen LogP contribution in [0.15, 0.2) is 25.0 Å². The molecule has 9 nitrogen and oxygen atoms in total. The third-order valence-corrected chi connectivity index (χ3v) is 3.77. The van der Waals surface area contributed by atoms with Gasteiger partial charge in [0.25, 0.3) is 5.91 Å². The number of nitrogens with zero attached hydrogens (tertiary/aromatic N) is 6. The molecule has 0 aliphatic carbocycles. The van der Waals surface area contributed by atoms with Crippen LogP contribution >= 0.6 is 0 Å². The van der Waals surface area contributed by atoms with Gasteiger partial charge in [-0.05, 0) is 12.8 Å². The van der Waals surface area contributed by atoms with Gasteiger partial charge in [0.15, 0.2) is 11.5 Å². The summed E-state index contributed by atoms with van der Waals surface area (Å²) in [6.07, 6.45) is 6.56. The normalized spacial score (nSPS) is 14.3. The van der Waals surface area contributed by atoms with Crippen molar-refractivity contribution < 1.29 is 4.79 Å². The molecule has 4 heterocycles. The van der Waals surface area contributed by atoms with E-state index in [9.17, 15) is 4.79 Å². The Morgan fingerprint density at radius 3 is 2.78 bits per heavy atom. The van der Waals surface area contributed by atoms with E-state index in [4.69, 9.17) is 0 Å². The van der Waals surface area contributed by atoms with Gasteiger partial charge in [0, 0.05) is 19.2 Å². The number of fused-ring (bicyclic) bond motifs is 1. The molecule has 1 aliphatic heterocycles. The number of nitrogens with one attached hydrogen (secondary N) is 2. The standard InChI is InChI=1S/C14H14N8O/c23-14(21-13-11-12(18-7-17-11)19-8-20-13)9-5-10(16-6-15-9)22-3-1-2-4-22/h5-8H,1-4H2,(H2,17,18,19,20,21,23). The van der Waals surface area contributed by atoms with E-state index in [1.54, 1.807) is 6.07 Å². The number of anilines is 2. The maximum absolute atomic E-state index is 12.4. The molecule has 1 fully saturated rings. The molecule has 1 aliphatic rings. The molecule has 9 heteroatoms. The minimum atomic E-state index is -0.345. The van der Waals surface area contributed by atoms with E-state index in [0.717, 1.165) is 31.7 Å². The zero-order chi connectivity index (χ0) is 15.6. The van der Waals surface area contributed by atoms with Crippen molar-refractivity contribution in [1.82, 2.24) is 29.9 Å². The Labute approximate surface area is 131 Å². The minimum absolute atomic E-state index is 0.299. The predicted molar refractivity (Wildman–Crippen MR) is 83.1 cm³/mol. The van der Waals surface area contributed by atoms with Crippen LogP contribution in [0.25, 0.3) is 11.2 Å². The van der Waals surface area contributed by atoms with Gasteiger partial charge in [-0.1, -0.05) is 0 Å². The Bertz CT molecular complexity index is 855. The summed E-state index contributed by atoms with van der Waals surface area (Å²) in [5.74, 6) is 0.804. The summed E-state index contributed by atoms with van der Waals surface area (Å²) in [5, 5.41) is 2.74. The third kappa shape index (κ3) is 2.56. The SMILES string of the molecule is O=C(Nc1ncnc2nc[nH]c12)c1cc(N2CCCC2)ncn1. The Morgan fingerprint density at radius 2 is 1.91 bits per heavy atom. The molecule has 0 atom stereocenters. The summed E-state index contributed by atoms with van der Waals surface area (Å²) in [7, 11) is 0. The van der Waals surface area contributed by atoms with Gasteiger partial charge >= 0.3 is 0 Å². The quantitative estimate of drug-likeness (QED) is 0.741. The van der Waals surface area contributed by atoms with E-state index >= 15 is 0 Å². The molecule has 3 aromatic heterocycles. The van der Waals surface area contributed by atoms with Crippen molar-refractivity contribution in [2.45, 2.75) is 12.8 Å². The number of imidazole rings is 1. The first kappa shape index (κ1) is 13.6. The summed E-state index contributed by atoms with van der Waals surface area (Å²) in [6, 6.07) is 1.70. The lowest BCUT2D eigenvalue weighted by molar-refractivity contribution is 0.102. The molecule has 0 saturated carbocycles. The van der Waals surface area contributed by atoms with Crippen molar-refractivity contribution in [3.8, 4) is 0 Å². The fourth-order valence-corrected chi connectivity index (χ4v) is 2.62. The lowest BCUT2D eigenvalue weighted by Crippen LogP contribution is -2.21. The van der Waals surface area contributed by atoms with Crippen molar-refractivity contribution in [2.75, 3.05) is 23.3 Å². The summed E-state index contributed by atoms with van der Waals surface area (Å²) < 4.78 is 0. The highest BCUT2D eigenvalue weighted by Crippen LogP contribution is 2.19. The van der Waals surface area contributed by atoms with Crippen molar-refractivity contribution in [3.63, 3.8) is 0 Å². The molecule has 23 heavy (non-hydrogen) atoms. The van der Waals surface area contributed by atoms with Crippen LogP contribution < -0.4 is 10.2 Å². The minimum Gasteiger partial charge on any atom is -0.357 e. The van der Waals surface area contributed by atoms with Gasteiger partial charge in [-0.25, -0.2) is 24.9 Å². The zero-order valence-corrected chi connectivity index (χ0v) is 12.2.